The van der Waals surface area contributed by atoms with Crippen LogP contribution in [0, 0.1) is 5.92 Å². The second kappa shape index (κ2) is 7.22. The van der Waals surface area contributed by atoms with Gasteiger partial charge in [-0.15, -0.1) is 0 Å². The van der Waals surface area contributed by atoms with Crippen molar-refractivity contribution in [2.24, 2.45) is 5.92 Å². The van der Waals surface area contributed by atoms with Crippen molar-refractivity contribution in [3.05, 3.63) is 47.5 Å². The van der Waals surface area contributed by atoms with Gasteiger partial charge in [0.2, 0.25) is 0 Å². The number of piperidine rings is 1. The van der Waals surface area contributed by atoms with Crippen molar-refractivity contribution in [3.8, 4) is 0 Å². The molecule has 6 heteroatoms. The Morgan fingerprint density at radius 1 is 1.27 bits per heavy atom. The van der Waals surface area contributed by atoms with E-state index in [1.165, 1.54) is 0 Å². The lowest BCUT2D eigenvalue weighted by atomic mass is 9.89. The van der Waals surface area contributed by atoms with E-state index in [0.717, 1.165) is 44.7 Å². The maximum atomic E-state index is 10.4. The van der Waals surface area contributed by atoms with Gasteiger partial charge in [0.1, 0.15) is 0 Å². The van der Waals surface area contributed by atoms with E-state index < -0.39 is 6.10 Å². The topological polar surface area (TPSA) is 54.2 Å². The third-order valence-corrected chi connectivity index (χ3v) is 4.51. The van der Waals surface area contributed by atoms with Crippen molar-refractivity contribution in [2.45, 2.75) is 25.5 Å². The maximum Gasteiger partial charge on any atom is 0.0988 e. The molecule has 0 aliphatic carbocycles. The van der Waals surface area contributed by atoms with Crippen LogP contribution in [0.4, 0.5) is 0 Å². The summed E-state index contributed by atoms with van der Waals surface area (Å²) in [5, 5.41) is 15.3. The van der Waals surface area contributed by atoms with Gasteiger partial charge in [-0.2, -0.15) is 5.10 Å². The Bertz CT molecular complexity index is 581. The number of rotatable bonds is 5. The van der Waals surface area contributed by atoms with Crippen molar-refractivity contribution in [1.82, 2.24) is 19.7 Å². The summed E-state index contributed by atoms with van der Waals surface area (Å²) in [6.45, 7) is 3.82. The molecule has 1 fully saturated rings. The highest BCUT2D eigenvalue weighted by molar-refractivity contribution is 6.30. The van der Waals surface area contributed by atoms with Crippen LogP contribution in [0.5, 0.6) is 0 Å². The number of aliphatic hydroxyl groups is 1. The first-order valence-corrected chi connectivity index (χ1v) is 8.09. The minimum absolute atomic E-state index is 0.297. The first kappa shape index (κ1) is 15.5. The van der Waals surface area contributed by atoms with E-state index in [1.54, 1.807) is 12.4 Å². The van der Waals surface area contributed by atoms with Gasteiger partial charge in [0.25, 0.3) is 0 Å². The van der Waals surface area contributed by atoms with E-state index in [-0.39, 0.29) is 0 Å². The van der Waals surface area contributed by atoms with Gasteiger partial charge in [0.15, 0.2) is 0 Å². The standard InChI is InChI=1S/C16H21ClN4O/c17-14-11-19-21(12-14)10-9-20-7-4-13(5-8-20)16(22)15-3-1-2-6-18-15/h1-3,6,11-13,16,22H,4-5,7-10H2/t16-/m0/s1. The van der Waals surface area contributed by atoms with Crippen molar-refractivity contribution in [3.63, 3.8) is 0 Å². The summed E-state index contributed by atoms with van der Waals surface area (Å²) in [5.41, 5.74) is 0.784. The van der Waals surface area contributed by atoms with Gasteiger partial charge in [0.05, 0.1) is 29.6 Å². The molecule has 0 unspecified atom stereocenters. The molecule has 5 nitrogen and oxygen atoms in total. The van der Waals surface area contributed by atoms with Crippen molar-refractivity contribution in [1.29, 1.82) is 0 Å². The lowest BCUT2D eigenvalue weighted by Gasteiger charge is -2.34. The number of nitrogens with zero attached hydrogens (tertiary/aromatic N) is 4. The molecule has 1 aliphatic heterocycles. The predicted molar refractivity (Wildman–Crippen MR) is 85.6 cm³/mol. The van der Waals surface area contributed by atoms with Crippen LogP contribution in [-0.4, -0.2) is 44.4 Å². The van der Waals surface area contributed by atoms with E-state index in [1.807, 2.05) is 29.1 Å². The highest BCUT2D eigenvalue weighted by Gasteiger charge is 2.26. The third kappa shape index (κ3) is 3.85. The fourth-order valence-electron chi connectivity index (χ4n) is 2.99. The minimum atomic E-state index is -0.451. The van der Waals surface area contributed by atoms with E-state index in [2.05, 4.69) is 15.0 Å². The van der Waals surface area contributed by atoms with Gasteiger partial charge >= 0.3 is 0 Å². The van der Waals surface area contributed by atoms with Crippen LogP contribution < -0.4 is 0 Å². The molecule has 118 valence electrons. The summed E-state index contributed by atoms with van der Waals surface area (Å²) in [4.78, 5) is 6.68. The highest BCUT2D eigenvalue weighted by atomic mass is 35.5. The van der Waals surface area contributed by atoms with Crippen molar-refractivity contribution >= 4 is 11.6 Å². The largest absolute Gasteiger partial charge is 0.387 e. The summed E-state index contributed by atoms with van der Waals surface area (Å²) in [6, 6.07) is 5.70. The Balaban J connectivity index is 1.46. The zero-order valence-electron chi connectivity index (χ0n) is 12.5. The van der Waals surface area contributed by atoms with Crippen LogP contribution in [0.15, 0.2) is 36.8 Å². The predicted octanol–water partition coefficient (Wildman–Crippen LogP) is 2.38. The molecule has 1 N–H and O–H groups in total. The molecule has 2 aromatic rings. The van der Waals surface area contributed by atoms with Crippen LogP contribution in [0.25, 0.3) is 0 Å². The van der Waals surface area contributed by atoms with Gasteiger partial charge in [-0.1, -0.05) is 17.7 Å². The van der Waals surface area contributed by atoms with E-state index in [4.69, 9.17) is 11.6 Å². The van der Waals surface area contributed by atoms with Crippen LogP contribution >= 0.6 is 11.6 Å². The number of aromatic nitrogens is 3. The number of hydrogen-bond donors (Lipinski definition) is 1. The summed E-state index contributed by atoms with van der Waals surface area (Å²) in [6.07, 6.45) is 6.79. The van der Waals surface area contributed by atoms with Gasteiger partial charge in [-0.05, 0) is 44.0 Å². The van der Waals surface area contributed by atoms with Crippen molar-refractivity contribution < 1.29 is 5.11 Å². The Hall–Kier alpha value is -1.43. The molecule has 0 spiro atoms. The van der Waals surface area contributed by atoms with Crippen molar-refractivity contribution in [2.75, 3.05) is 19.6 Å². The molecule has 0 aromatic carbocycles. The van der Waals surface area contributed by atoms with Crippen LogP contribution in [0.1, 0.15) is 24.6 Å². The molecule has 22 heavy (non-hydrogen) atoms. The quantitative estimate of drug-likeness (QED) is 0.919. The SMILES string of the molecule is O[C@H](c1ccccn1)C1CCN(CCn2cc(Cl)cn2)CC1. The molecule has 1 atom stereocenters. The Morgan fingerprint density at radius 3 is 2.73 bits per heavy atom. The molecule has 3 rings (SSSR count). The number of halogens is 1. The Kier molecular flexibility index (Phi) is 5.08. The minimum Gasteiger partial charge on any atom is -0.387 e. The van der Waals surface area contributed by atoms with Gasteiger partial charge in [-0.3, -0.25) is 9.67 Å². The van der Waals surface area contributed by atoms with Gasteiger partial charge in [0, 0.05) is 18.9 Å². The summed E-state index contributed by atoms with van der Waals surface area (Å²) in [7, 11) is 0. The molecule has 0 saturated carbocycles. The second-order valence-corrected chi connectivity index (χ2v) is 6.24. The normalized spacial score (nSPS) is 18.5. The number of hydrogen-bond acceptors (Lipinski definition) is 4. The first-order chi connectivity index (χ1) is 10.7. The maximum absolute atomic E-state index is 10.4. The lowest BCUT2D eigenvalue weighted by Crippen LogP contribution is -2.37. The molecule has 3 heterocycles. The summed E-state index contributed by atoms with van der Waals surface area (Å²) >= 11 is 5.86. The molecular formula is C16H21ClN4O. The molecule has 1 saturated heterocycles. The number of pyridine rings is 1. The lowest BCUT2D eigenvalue weighted by molar-refractivity contribution is 0.0549. The zero-order chi connectivity index (χ0) is 15.4. The number of likely N-dealkylation sites (tertiary alicyclic amines) is 1. The third-order valence-electron chi connectivity index (χ3n) is 4.32. The first-order valence-electron chi connectivity index (χ1n) is 7.71. The average Bonchev–Trinajstić information content (AvgIpc) is 2.99. The molecule has 2 aromatic heterocycles. The van der Waals surface area contributed by atoms with Gasteiger partial charge < -0.3 is 10.0 Å². The smallest absolute Gasteiger partial charge is 0.0988 e. The Morgan fingerprint density at radius 2 is 2.09 bits per heavy atom. The zero-order valence-corrected chi connectivity index (χ0v) is 13.2. The molecule has 0 radical (unpaired) electrons. The summed E-state index contributed by atoms with van der Waals surface area (Å²) < 4.78 is 1.87. The fourth-order valence-corrected chi connectivity index (χ4v) is 3.15. The molecular weight excluding hydrogens is 300 g/mol. The Labute approximate surface area is 135 Å². The molecule has 1 aliphatic rings. The van der Waals surface area contributed by atoms with Crippen LogP contribution in [-0.2, 0) is 6.54 Å². The van der Waals surface area contributed by atoms with Crippen LogP contribution in [0.3, 0.4) is 0 Å². The number of aliphatic hydroxyl groups excluding tert-OH is 1. The van der Waals surface area contributed by atoms with E-state index in [9.17, 15) is 5.11 Å². The summed E-state index contributed by atoms with van der Waals surface area (Å²) in [5.74, 6) is 0.297. The second-order valence-electron chi connectivity index (χ2n) is 5.80. The fraction of sp³-hybridized carbons (Fsp3) is 0.500. The van der Waals surface area contributed by atoms with Gasteiger partial charge in [-0.25, -0.2) is 0 Å². The van der Waals surface area contributed by atoms with Crippen LogP contribution in [0.2, 0.25) is 5.02 Å². The average molecular weight is 321 g/mol. The highest BCUT2D eigenvalue weighted by Crippen LogP contribution is 2.29. The van der Waals surface area contributed by atoms with E-state index in [0.29, 0.717) is 10.9 Å². The molecule has 0 amide bonds. The monoisotopic (exact) mass is 320 g/mol. The van der Waals surface area contributed by atoms with E-state index >= 15 is 0 Å². The molecule has 0 bridgehead atoms.